The highest BCUT2D eigenvalue weighted by molar-refractivity contribution is 8.23. The third-order valence-electron chi connectivity index (χ3n) is 4.70. The van der Waals surface area contributed by atoms with Gasteiger partial charge in [-0.05, 0) is 17.5 Å². The van der Waals surface area contributed by atoms with Crippen molar-refractivity contribution in [3.05, 3.63) is 77.9 Å². The maximum atomic E-state index is 13.0. The molecule has 0 spiro atoms. The number of hydrogen-bond acceptors (Lipinski definition) is 4. The summed E-state index contributed by atoms with van der Waals surface area (Å²) in [5, 5.41) is 10.5. The number of carbonyl (C=O) groups excluding carboxylic acids is 1. The molecule has 0 aromatic heterocycles. The predicted octanol–water partition coefficient (Wildman–Crippen LogP) is 4.17. The number of aliphatic hydroxyl groups is 1. The van der Waals surface area contributed by atoms with E-state index >= 15 is 0 Å². The van der Waals surface area contributed by atoms with Crippen molar-refractivity contribution in [2.24, 2.45) is 5.92 Å². The lowest BCUT2D eigenvalue weighted by Gasteiger charge is -2.28. The van der Waals surface area contributed by atoms with Crippen LogP contribution >= 0.6 is 24.0 Å². The summed E-state index contributed by atoms with van der Waals surface area (Å²) >= 11 is 6.96. The van der Waals surface area contributed by atoms with E-state index in [0.29, 0.717) is 4.32 Å². The molecule has 0 aliphatic carbocycles. The fourth-order valence-corrected chi connectivity index (χ4v) is 4.50. The predicted molar refractivity (Wildman–Crippen MR) is 116 cm³/mol. The Bertz CT molecular complexity index is 808. The van der Waals surface area contributed by atoms with Gasteiger partial charge in [-0.25, -0.2) is 0 Å². The van der Waals surface area contributed by atoms with Gasteiger partial charge in [-0.3, -0.25) is 9.69 Å². The quantitative estimate of drug-likeness (QED) is 0.743. The Morgan fingerprint density at radius 1 is 1.22 bits per heavy atom. The Morgan fingerprint density at radius 3 is 2.52 bits per heavy atom. The van der Waals surface area contributed by atoms with Gasteiger partial charge in [0, 0.05) is 5.75 Å². The van der Waals surface area contributed by atoms with E-state index in [-0.39, 0.29) is 11.9 Å². The first kappa shape index (κ1) is 19.8. The summed E-state index contributed by atoms with van der Waals surface area (Å²) in [4.78, 5) is 14.7. The molecule has 2 aromatic carbocycles. The summed E-state index contributed by atoms with van der Waals surface area (Å²) in [6.45, 7) is 1.76. The first-order chi connectivity index (χ1) is 13.1. The highest BCUT2D eigenvalue weighted by Gasteiger charge is 2.37. The van der Waals surface area contributed by atoms with Crippen molar-refractivity contribution < 1.29 is 9.90 Å². The van der Waals surface area contributed by atoms with Crippen LogP contribution in [-0.4, -0.2) is 38.1 Å². The number of thiocarbonyl (C=S) groups is 1. The molecule has 1 fully saturated rings. The van der Waals surface area contributed by atoms with Crippen molar-refractivity contribution in [2.45, 2.75) is 25.5 Å². The lowest BCUT2D eigenvalue weighted by molar-refractivity contribution is -0.134. The number of thioether (sulfide) groups is 1. The normalized spacial score (nSPS) is 19.4. The molecule has 1 aliphatic rings. The van der Waals surface area contributed by atoms with Crippen LogP contribution in [0.1, 0.15) is 18.1 Å². The van der Waals surface area contributed by atoms with E-state index in [2.05, 4.69) is 12.1 Å². The zero-order valence-corrected chi connectivity index (χ0v) is 16.8. The van der Waals surface area contributed by atoms with E-state index in [1.54, 1.807) is 17.9 Å². The summed E-state index contributed by atoms with van der Waals surface area (Å²) in [6, 6.07) is 19.9. The van der Waals surface area contributed by atoms with Crippen LogP contribution in [0.25, 0.3) is 6.08 Å². The van der Waals surface area contributed by atoms with Gasteiger partial charge in [-0.1, -0.05) is 104 Å². The van der Waals surface area contributed by atoms with Gasteiger partial charge < -0.3 is 5.11 Å². The Kier molecular flexibility index (Phi) is 6.83. The Morgan fingerprint density at radius 2 is 1.85 bits per heavy atom. The van der Waals surface area contributed by atoms with Gasteiger partial charge in [0.15, 0.2) is 0 Å². The minimum Gasteiger partial charge on any atom is -0.388 e. The Balaban J connectivity index is 1.68. The van der Waals surface area contributed by atoms with E-state index in [0.717, 1.165) is 17.7 Å². The average Bonchev–Trinajstić information content (AvgIpc) is 3.06. The molecule has 1 aliphatic heterocycles. The van der Waals surface area contributed by atoms with Crippen LogP contribution in [-0.2, 0) is 11.2 Å². The van der Waals surface area contributed by atoms with Gasteiger partial charge >= 0.3 is 0 Å². The summed E-state index contributed by atoms with van der Waals surface area (Å²) in [7, 11) is 0. The van der Waals surface area contributed by atoms with Crippen molar-refractivity contribution in [1.82, 2.24) is 4.90 Å². The number of carbonyl (C=O) groups is 1. The lowest BCUT2D eigenvalue weighted by Crippen LogP contribution is -2.45. The molecule has 3 nitrogen and oxygen atoms in total. The van der Waals surface area contributed by atoms with Gasteiger partial charge in [-0.15, -0.1) is 0 Å². The standard InChI is InChI=1S/C22H23NO2S2/c1-16(20(24)13-12-17-8-4-2-5-9-17)21(25)23-19(15-27-22(23)26)14-18-10-6-3-7-11-18/h2-13,16,19-20,24H,14-15H2,1H3/b13-12+/t16-,19+,20-/m1/s1. The molecule has 0 radical (unpaired) electrons. The first-order valence-corrected chi connectivity index (χ1v) is 10.4. The first-order valence-electron chi connectivity index (χ1n) is 9.01. The third kappa shape index (κ3) is 5.06. The van der Waals surface area contributed by atoms with Crippen molar-refractivity contribution in [1.29, 1.82) is 0 Å². The van der Waals surface area contributed by atoms with Crippen LogP contribution in [0.2, 0.25) is 0 Å². The molecule has 5 heteroatoms. The number of aliphatic hydroxyl groups excluding tert-OH is 1. The smallest absolute Gasteiger partial charge is 0.234 e. The number of amides is 1. The van der Waals surface area contributed by atoms with Crippen molar-refractivity contribution in [3.63, 3.8) is 0 Å². The molecule has 27 heavy (non-hydrogen) atoms. The van der Waals surface area contributed by atoms with Crippen LogP contribution < -0.4 is 0 Å². The third-order valence-corrected chi connectivity index (χ3v) is 6.25. The largest absolute Gasteiger partial charge is 0.388 e. The molecule has 1 saturated heterocycles. The van der Waals surface area contributed by atoms with Crippen LogP contribution in [0.5, 0.6) is 0 Å². The zero-order chi connectivity index (χ0) is 19.2. The van der Waals surface area contributed by atoms with E-state index in [1.807, 2.05) is 54.6 Å². The van der Waals surface area contributed by atoms with Crippen LogP contribution in [0.4, 0.5) is 0 Å². The summed E-state index contributed by atoms with van der Waals surface area (Å²) in [5.74, 6) is 0.123. The molecule has 2 aromatic rings. The maximum Gasteiger partial charge on any atom is 0.234 e. The van der Waals surface area contributed by atoms with E-state index in [1.165, 1.54) is 17.3 Å². The number of rotatable bonds is 6. The van der Waals surface area contributed by atoms with Crippen LogP contribution in [0.15, 0.2) is 66.7 Å². The molecule has 1 heterocycles. The van der Waals surface area contributed by atoms with Crippen LogP contribution in [0, 0.1) is 5.92 Å². The molecule has 0 saturated carbocycles. The monoisotopic (exact) mass is 397 g/mol. The van der Waals surface area contributed by atoms with E-state index < -0.39 is 12.0 Å². The minimum atomic E-state index is -0.858. The van der Waals surface area contributed by atoms with Crippen LogP contribution in [0.3, 0.4) is 0 Å². The number of nitrogens with zero attached hydrogens (tertiary/aromatic N) is 1. The zero-order valence-electron chi connectivity index (χ0n) is 15.2. The second kappa shape index (κ2) is 9.31. The second-order valence-electron chi connectivity index (χ2n) is 6.68. The number of hydrogen-bond donors (Lipinski definition) is 1. The van der Waals surface area contributed by atoms with E-state index in [4.69, 9.17) is 12.2 Å². The molecule has 3 atom stereocenters. The molecular formula is C22H23NO2S2. The van der Waals surface area contributed by atoms with Gasteiger partial charge in [-0.2, -0.15) is 0 Å². The molecule has 0 unspecified atom stereocenters. The van der Waals surface area contributed by atoms with Gasteiger partial charge in [0.25, 0.3) is 0 Å². The fraction of sp³-hybridized carbons (Fsp3) is 0.273. The Hall–Kier alpha value is -1.95. The van der Waals surface area contributed by atoms with Crippen molar-refractivity contribution >= 4 is 40.3 Å². The summed E-state index contributed by atoms with van der Waals surface area (Å²) in [5.41, 5.74) is 2.17. The minimum absolute atomic E-state index is 0.0325. The van der Waals surface area contributed by atoms with E-state index in [9.17, 15) is 9.90 Å². The topological polar surface area (TPSA) is 40.5 Å². The lowest BCUT2D eigenvalue weighted by atomic mass is 9.99. The highest BCUT2D eigenvalue weighted by Crippen LogP contribution is 2.29. The average molecular weight is 398 g/mol. The molecule has 1 amide bonds. The van der Waals surface area contributed by atoms with Crippen molar-refractivity contribution in [2.75, 3.05) is 5.75 Å². The molecule has 3 rings (SSSR count). The van der Waals surface area contributed by atoms with Gasteiger partial charge in [0.05, 0.1) is 18.1 Å². The molecule has 1 N–H and O–H groups in total. The summed E-state index contributed by atoms with van der Waals surface area (Å²) in [6.07, 6.45) is 3.43. The SMILES string of the molecule is C[C@@H](C(=O)N1C(=S)SC[C@@H]1Cc1ccccc1)[C@H](O)/C=C/c1ccccc1. The van der Waals surface area contributed by atoms with Gasteiger partial charge in [0.2, 0.25) is 5.91 Å². The molecule has 0 bridgehead atoms. The fourth-order valence-electron chi connectivity index (χ4n) is 3.07. The molecular weight excluding hydrogens is 374 g/mol. The summed E-state index contributed by atoms with van der Waals surface area (Å²) < 4.78 is 0.604. The highest BCUT2D eigenvalue weighted by atomic mass is 32.2. The maximum absolute atomic E-state index is 13.0. The molecule has 140 valence electrons. The number of benzene rings is 2. The van der Waals surface area contributed by atoms with Gasteiger partial charge in [0.1, 0.15) is 4.32 Å². The Labute approximate surface area is 170 Å². The van der Waals surface area contributed by atoms with Crippen molar-refractivity contribution in [3.8, 4) is 0 Å². The second-order valence-corrected chi connectivity index (χ2v) is 8.33.